The molecule has 346 valence electrons. The van der Waals surface area contributed by atoms with E-state index in [4.69, 9.17) is 37.9 Å². The number of esters is 1. The quantitative estimate of drug-likeness (QED) is 0.0613. The molecular weight excluding hydrogens is 808 g/mol. The Kier molecular flexibility index (Phi) is 13.2. The van der Waals surface area contributed by atoms with Gasteiger partial charge in [-0.15, -0.1) is 0 Å². The lowest BCUT2D eigenvalue weighted by Crippen LogP contribution is -2.65. The number of rotatable bonds is 11. The summed E-state index contributed by atoms with van der Waals surface area (Å²) in [6.07, 6.45) is -13.2. The number of aldehydes is 1. The van der Waals surface area contributed by atoms with E-state index in [-0.39, 0.29) is 42.4 Å². The topological polar surface area (TPSA) is 290 Å². The first kappa shape index (κ1) is 45.8. The predicted octanol–water partition coefficient (Wildman–Crippen LogP) is -2.06. The van der Waals surface area contributed by atoms with Gasteiger partial charge in [-0.1, -0.05) is 6.92 Å². The first-order valence-electron chi connectivity index (χ1n) is 21.9. The minimum absolute atomic E-state index is 0.000150. The first-order chi connectivity index (χ1) is 29.0. The number of aliphatic hydroxyl groups excluding tert-OH is 8. The monoisotopic (exact) mass is 872 g/mol. The molecule has 0 spiro atoms. The van der Waals surface area contributed by atoms with Gasteiger partial charge < -0.3 is 88.6 Å². The van der Waals surface area contributed by atoms with Crippen molar-refractivity contribution in [1.29, 1.82) is 0 Å². The van der Waals surface area contributed by atoms with Gasteiger partial charge in [0.05, 0.1) is 31.0 Å². The largest absolute Gasteiger partial charge is 0.458 e. The summed E-state index contributed by atoms with van der Waals surface area (Å²) >= 11 is 0. The summed E-state index contributed by atoms with van der Waals surface area (Å²) < 4.78 is 46.4. The normalized spacial score (nSPS) is 53.6. The number of carbonyl (C=O) groups is 2. The van der Waals surface area contributed by atoms with E-state index in [0.717, 1.165) is 44.0 Å². The third kappa shape index (κ3) is 7.64. The number of aliphatic hydroxyl groups is 9. The van der Waals surface area contributed by atoms with E-state index in [0.29, 0.717) is 25.7 Å². The summed E-state index contributed by atoms with van der Waals surface area (Å²) in [4.78, 5) is 25.3. The molecule has 4 aliphatic carbocycles. The van der Waals surface area contributed by atoms with Crippen LogP contribution in [0.25, 0.3) is 0 Å². The van der Waals surface area contributed by atoms with Crippen LogP contribution < -0.4 is 0 Å². The number of cyclic esters (lactones) is 1. The van der Waals surface area contributed by atoms with Crippen molar-refractivity contribution in [1.82, 2.24) is 0 Å². The Morgan fingerprint density at radius 1 is 0.770 bits per heavy atom. The molecule has 0 aromatic heterocycles. The second-order valence-electron chi connectivity index (χ2n) is 19.1. The minimum atomic E-state index is -1.79. The number of hydrogen-bond acceptors (Lipinski definition) is 19. The molecule has 4 heterocycles. The van der Waals surface area contributed by atoms with Crippen LogP contribution >= 0.6 is 0 Å². The van der Waals surface area contributed by atoms with Crippen molar-refractivity contribution in [2.45, 2.75) is 175 Å². The van der Waals surface area contributed by atoms with Crippen LogP contribution in [-0.2, 0) is 47.5 Å². The molecule has 23 atom stereocenters. The fourth-order valence-corrected chi connectivity index (χ4v) is 12.9. The SMILES string of the molecule is CO[C@H]1[C@H](O)[C@H](O[C@@H]2CC[C@@]3(C=O)C4CC[C@@]5(C)[C@H](C6=CC(=O)OC6)CC[C@@]5(O)[C@H]4CC[C@@H]3C2)O[C@H](C)[C@@H]1O[C@H]1O[C@@H](CO[C@H]2O[C@@H](CO)[C@H](O)[C@@H](O)[C@@H]2O)[C@H](O)[C@@H](O)[C@@H]1O. The van der Waals surface area contributed by atoms with Gasteiger partial charge in [-0.3, -0.25) is 0 Å². The summed E-state index contributed by atoms with van der Waals surface area (Å²) in [7, 11) is 1.36. The minimum Gasteiger partial charge on any atom is -0.458 e. The fraction of sp³-hybridized carbons (Fsp3) is 0.905. The standard InChI is InChI=1S/C42H64O19/c1-18-35(61-38-33(51)31(49)29(47)26(60-38)16-56-37-32(50)30(48)28(46)25(14-43)59-37)36(54-3)34(52)39(57-18)58-21-6-10-41(17-44)20(13-21)4-5-24-23(41)7-9-40(2)22(8-11-42(24,40)53)19-12-27(45)55-15-19/h12,17-18,20-26,28-39,43,46-53H,4-11,13-16H2,1-3H3/t18-,20-,21-,22+,23?,24+,25+,26+,28+,29+,30-,31-,32+,33+,34+,35+,36+,37+,38-,39+,40+,41+,42-/m1/s1. The van der Waals surface area contributed by atoms with E-state index in [1.807, 2.05) is 0 Å². The Bertz CT molecular complexity index is 1620. The van der Waals surface area contributed by atoms with Crippen molar-refractivity contribution < 1.29 is 93.4 Å². The van der Waals surface area contributed by atoms with E-state index in [9.17, 15) is 55.5 Å². The van der Waals surface area contributed by atoms with Gasteiger partial charge in [0.1, 0.15) is 80.0 Å². The molecule has 0 bridgehead atoms. The molecule has 0 aromatic carbocycles. The molecule has 8 rings (SSSR count). The van der Waals surface area contributed by atoms with E-state index >= 15 is 0 Å². The Morgan fingerprint density at radius 2 is 1.46 bits per heavy atom. The van der Waals surface area contributed by atoms with E-state index < -0.39 is 122 Å². The molecule has 4 aliphatic heterocycles. The zero-order valence-electron chi connectivity index (χ0n) is 34.8. The van der Waals surface area contributed by atoms with Gasteiger partial charge in [0.25, 0.3) is 0 Å². The molecular formula is C42H64O19. The Morgan fingerprint density at radius 3 is 2.13 bits per heavy atom. The molecule has 19 nitrogen and oxygen atoms in total. The second-order valence-corrected chi connectivity index (χ2v) is 19.1. The molecule has 3 saturated heterocycles. The van der Waals surface area contributed by atoms with Crippen molar-refractivity contribution in [2.24, 2.45) is 34.5 Å². The predicted molar refractivity (Wildman–Crippen MR) is 203 cm³/mol. The fourth-order valence-electron chi connectivity index (χ4n) is 12.9. The summed E-state index contributed by atoms with van der Waals surface area (Å²) in [5.74, 6) is -0.343. The number of methoxy groups -OCH3 is 1. The number of fused-ring (bicyclic) bond motifs is 5. The average molecular weight is 873 g/mol. The maximum atomic E-state index is 13.3. The van der Waals surface area contributed by atoms with Crippen LogP contribution in [0.1, 0.15) is 71.6 Å². The summed E-state index contributed by atoms with van der Waals surface area (Å²) in [5.41, 5.74) is -1.07. The van der Waals surface area contributed by atoms with E-state index in [1.54, 1.807) is 13.0 Å². The van der Waals surface area contributed by atoms with Crippen LogP contribution in [0.4, 0.5) is 0 Å². The third-order valence-electron chi connectivity index (χ3n) is 16.3. The van der Waals surface area contributed by atoms with Crippen LogP contribution in [0.2, 0.25) is 0 Å². The molecule has 0 radical (unpaired) electrons. The van der Waals surface area contributed by atoms with Crippen LogP contribution in [0.15, 0.2) is 11.6 Å². The molecule has 0 amide bonds. The van der Waals surface area contributed by atoms with Crippen LogP contribution in [-0.4, -0.2) is 189 Å². The lowest BCUT2D eigenvalue weighted by molar-refractivity contribution is -0.367. The van der Waals surface area contributed by atoms with Crippen molar-refractivity contribution in [3.63, 3.8) is 0 Å². The Hall–Kier alpha value is -1.76. The number of hydrogen-bond donors (Lipinski definition) is 9. The summed E-state index contributed by atoms with van der Waals surface area (Å²) in [5, 5.41) is 96.6. The van der Waals surface area contributed by atoms with E-state index in [1.165, 1.54) is 7.11 Å². The second kappa shape index (κ2) is 17.6. The lowest BCUT2D eigenvalue weighted by atomic mass is 9.43. The third-order valence-corrected chi connectivity index (χ3v) is 16.3. The number of carbonyl (C=O) groups excluding carboxylic acids is 2. The molecule has 8 aliphatic rings. The lowest BCUT2D eigenvalue weighted by Gasteiger charge is -2.63. The highest BCUT2D eigenvalue weighted by atomic mass is 16.8. The van der Waals surface area contributed by atoms with Crippen LogP contribution in [0.3, 0.4) is 0 Å². The highest BCUT2D eigenvalue weighted by Crippen LogP contribution is 2.69. The first-order valence-corrected chi connectivity index (χ1v) is 21.9. The Balaban J connectivity index is 0.887. The maximum Gasteiger partial charge on any atom is 0.331 e. The molecule has 7 fully saturated rings. The Labute approximate surface area is 353 Å². The van der Waals surface area contributed by atoms with Gasteiger partial charge in [-0.2, -0.15) is 0 Å². The van der Waals surface area contributed by atoms with Gasteiger partial charge in [-0.25, -0.2) is 4.79 Å². The molecule has 1 unspecified atom stereocenters. The molecule has 4 saturated carbocycles. The van der Waals surface area contributed by atoms with Crippen LogP contribution in [0, 0.1) is 34.5 Å². The number of ether oxygens (including phenoxy) is 8. The smallest absolute Gasteiger partial charge is 0.331 e. The highest BCUT2D eigenvalue weighted by Gasteiger charge is 2.69. The molecule has 61 heavy (non-hydrogen) atoms. The molecule has 19 heteroatoms. The highest BCUT2D eigenvalue weighted by molar-refractivity contribution is 5.85. The zero-order chi connectivity index (χ0) is 43.8. The van der Waals surface area contributed by atoms with Gasteiger partial charge in [0.15, 0.2) is 18.9 Å². The zero-order valence-corrected chi connectivity index (χ0v) is 34.8. The molecule has 0 aromatic rings. The summed E-state index contributed by atoms with van der Waals surface area (Å²) in [6.45, 7) is 2.83. The average Bonchev–Trinajstić information content (AvgIpc) is 3.80. The molecule has 9 N–H and O–H groups in total. The van der Waals surface area contributed by atoms with Gasteiger partial charge in [0, 0.05) is 24.0 Å². The van der Waals surface area contributed by atoms with Crippen molar-refractivity contribution in [3.8, 4) is 0 Å². The van der Waals surface area contributed by atoms with Crippen molar-refractivity contribution >= 4 is 12.3 Å². The van der Waals surface area contributed by atoms with E-state index in [2.05, 4.69) is 6.92 Å². The van der Waals surface area contributed by atoms with Gasteiger partial charge in [-0.05, 0) is 94.0 Å². The van der Waals surface area contributed by atoms with Crippen molar-refractivity contribution in [3.05, 3.63) is 11.6 Å². The van der Waals surface area contributed by atoms with Gasteiger partial charge >= 0.3 is 5.97 Å². The van der Waals surface area contributed by atoms with Gasteiger partial charge in [0.2, 0.25) is 0 Å². The maximum absolute atomic E-state index is 13.3. The van der Waals surface area contributed by atoms with Crippen LogP contribution in [0.5, 0.6) is 0 Å². The summed E-state index contributed by atoms with van der Waals surface area (Å²) in [6, 6.07) is 0. The van der Waals surface area contributed by atoms with Crippen molar-refractivity contribution in [2.75, 3.05) is 26.9 Å².